The summed E-state index contributed by atoms with van der Waals surface area (Å²) in [6.45, 7) is 9.42. The highest BCUT2D eigenvalue weighted by Crippen LogP contribution is 2.43. The average Bonchev–Trinajstić information content (AvgIpc) is 3.37. The number of phenols is 1. The lowest BCUT2D eigenvalue weighted by Crippen LogP contribution is -2.29. The molecule has 0 heterocycles. The average molecular weight is 515 g/mol. The predicted molar refractivity (Wildman–Crippen MR) is 153 cm³/mol. The molecule has 0 spiro atoms. The standard InChI is InChI=1S/C28H28N4O4.C2H6/c1-15-7-12-21(13-16(15)2)30-27(34)24(17(3)29)31-32-25-22-6-4-5-20(22)14-23(26(25)33)18-8-10-19(11-9-18)28(35)36;1-2/h7-14,29,32-33H,4-6H2,1-3H3,(H,30,34)(H,35,36);1-2H3/b29-17?,31-24-;. The highest BCUT2D eigenvalue weighted by molar-refractivity contribution is 6.67. The summed E-state index contributed by atoms with van der Waals surface area (Å²) in [5.74, 6) is -1.60. The number of carbonyl (C=O) groups excluding carboxylic acids is 1. The van der Waals surface area contributed by atoms with Gasteiger partial charge in [-0.25, -0.2) is 4.79 Å². The van der Waals surface area contributed by atoms with E-state index in [1.165, 1.54) is 19.1 Å². The van der Waals surface area contributed by atoms with Crippen molar-refractivity contribution < 1.29 is 19.8 Å². The number of carboxylic acid groups (broad SMARTS) is 1. The molecule has 0 bridgehead atoms. The highest BCUT2D eigenvalue weighted by atomic mass is 16.4. The van der Waals surface area contributed by atoms with Gasteiger partial charge in [0.1, 0.15) is 11.4 Å². The van der Waals surface area contributed by atoms with E-state index in [1.54, 1.807) is 18.2 Å². The number of aromatic carboxylic acids is 1. The number of hydrogen-bond acceptors (Lipinski definition) is 6. The Labute approximate surface area is 222 Å². The van der Waals surface area contributed by atoms with Crippen LogP contribution in [0.5, 0.6) is 5.75 Å². The maximum absolute atomic E-state index is 12.9. The number of amides is 1. The monoisotopic (exact) mass is 514 g/mol. The fourth-order valence-electron chi connectivity index (χ4n) is 4.29. The van der Waals surface area contributed by atoms with E-state index in [4.69, 9.17) is 5.41 Å². The number of fused-ring (bicyclic) bond motifs is 1. The molecule has 0 fully saturated rings. The Morgan fingerprint density at radius 2 is 1.66 bits per heavy atom. The maximum Gasteiger partial charge on any atom is 0.335 e. The van der Waals surface area contributed by atoms with Crippen molar-refractivity contribution in [2.45, 2.75) is 53.9 Å². The van der Waals surface area contributed by atoms with Gasteiger partial charge in [-0.05, 0) is 98.2 Å². The molecule has 4 rings (SSSR count). The second kappa shape index (κ2) is 12.2. The van der Waals surface area contributed by atoms with Crippen molar-refractivity contribution in [2.24, 2.45) is 5.10 Å². The van der Waals surface area contributed by atoms with Crippen LogP contribution in [0.2, 0.25) is 0 Å². The van der Waals surface area contributed by atoms with Gasteiger partial charge < -0.3 is 20.9 Å². The molecule has 0 unspecified atom stereocenters. The zero-order valence-electron chi connectivity index (χ0n) is 22.4. The van der Waals surface area contributed by atoms with Crippen molar-refractivity contribution >= 4 is 34.7 Å². The Bertz CT molecular complexity index is 1410. The van der Waals surface area contributed by atoms with Crippen molar-refractivity contribution in [2.75, 3.05) is 10.7 Å². The third-order valence-electron chi connectivity index (χ3n) is 6.43. The molecular weight excluding hydrogens is 480 g/mol. The Morgan fingerprint density at radius 1 is 0.974 bits per heavy atom. The summed E-state index contributed by atoms with van der Waals surface area (Å²) < 4.78 is 0. The normalized spacial score (nSPS) is 12.2. The molecule has 3 aromatic carbocycles. The van der Waals surface area contributed by atoms with E-state index in [0.717, 1.165) is 41.5 Å². The van der Waals surface area contributed by atoms with E-state index in [9.17, 15) is 19.8 Å². The maximum atomic E-state index is 12.9. The molecule has 38 heavy (non-hydrogen) atoms. The van der Waals surface area contributed by atoms with Crippen LogP contribution in [0.3, 0.4) is 0 Å². The van der Waals surface area contributed by atoms with Crippen LogP contribution in [-0.4, -0.2) is 33.5 Å². The van der Waals surface area contributed by atoms with Gasteiger partial charge in [-0.15, -0.1) is 0 Å². The number of carboxylic acids is 1. The molecule has 8 nitrogen and oxygen atoms in total. The summed E-state index contributed by atoms with van der Waals surface area (Å²) in [5.41, 5.74) is 9.19. The van der Waals surface area contributed by atoms with Crippen LogP contribution in [0, 0.1) is 19.3 Å². The fourth-order valence-corrected chi connectivity index (χ4v) is 4.29. The third kappa shape index (κ3) is 6.08. The van der Waals surface area contributed by atoms with Crippen LogP contribution < -0.4 is 10.7 Å². The van der Waals surface area contributed by atoms with Gasteiger partial charge in [-0.2, -0.15) is 5.10 Å². The first-order valence-electron chi connectivity index (χ1n) is 12.6. The number of hydrazone groups is 1. The van der Waals surface area contributed by atoms with Crippen LogP contribution in [0.1, 0.15) is 59.8 Å². The minimum atomic E-state index is -1.02. The van der Waals surface area contributed by atoms with Crippen LogP contribution >= 0.6 is 0 Å². The zero-order valence-corrected chi connectivity index (χ0v) is 22.4. The Hall–Kier alpha value is -4.46. The van der Waals surface area contributed by atoms with Gasteiger partial charge in [0.15, 0.2) is 5.71 Å². The number of carbonyl (C=O) groups is 2. The van der Waals surface area contributed by atoms with Crippen molar-refractivity contribution in [3.63, 3.8) is 0 Å². The number of hydrogen-bond donors (Lipinski definition) is 5. The van der Waals surface area contributed by atoms with E-state index in [1.807, 2.05) is 45.9 Å². The topological polar surface area (TPSA) is 135 Å². The van der Waals surface area contributed by atoms with Crippen molar-refractivity contribution in [1.29, 1.82) is 5.41 Å². The molecule has 0 saturated carbocycles. The molecule has 0 aliphatic heterocycles. The Balaban J connectivity index is 0.00000195. The van der Waals surface area contributed by atoms with E-state index in [2.05, 4.69) is 15.8 Å². The van der Waals surface area contributed by atoms with Gasteiger partial charge in [0.2, 0.25) is 0 Å². The predicted octanol–water partition coefficient (Wildman–Crippen LogP) is 6.34. The van der Waals surface area contributed by atoms with Crippen LogP contribution in [-0.2, 0) is 17.6 Å². The second-order valence-electron chi connectivity index (χ2n) is 8.97. The first-order valence-corrected chi connectivity index (χ1v) is 12.6. The summed E-state index contributed by atoms with van der Waals surface area (Å²) in [6.07, 6.45) is 2.49. The number of nitrogens with zero attached hydrogens (tertiary/aromatic N) is 1. The van der Waals surface area contributed by atoms with Crippen molar-refractivity contribution in [1.82, 2.24) is 0 Å². The van der Waals surface area contributed by atoms with Gasteiger partial charge in [-0.1, -0.05) is 32.0 Å². The molecule has 0 atom stereocenters. The second-order valence-corrected chi connectivity index (χ2v) is 8.97. The molecule has 1 aliphatic rings. The Morgan fingerprint density at radius 3 is 2.26 bits per heavy atom. The smallest absolute Gasteiger partial charge is 0.335 e. The minimum absolute atomic E-state index is 0.0274. The molecule has 198 valence electrons. The number of benzene rings is 3. The summed E-state index contributed by atoms with van der Waals surface area (Å²) >= 11 is 0. The number of phenolic OH excluding ortho intramolecular Hbond substituents is 1. The SMILES string of the molecule is CC.CC(=N)/C(=N/Nc1c(O)c(-c2ccc(C(=O)O)cc2)cc2c1CCC2)C(=O)Nc1ccc(C)c(C)c1. The van der Waals surface area contributed by atoms with E-state index in [-0.39, 0.29) is 22.7 Å². The molecule has 3 aromatic rings. The molecule has 0 radical (unpaired) electrons. The molecule has 8 heteroatoms. The third-order valence-corrected chi connectivity index (χ3v) is 6.43. The largest absolute Gasteiger partial charge is 0.505 e. The van der Waals surface area contributed by atoms with Gasteiger partial charge in [-0.3, -0.25) is 10.2 Å². The van der Waals surface area contributed by atoms with Gasteiger partial charge >= 0.3 is 5.97 Å². The molecule has 5 N–H and O–H groups in total. The lowest BCUT2D eigenvalue weighted by molar-refractivity contribution is -0.110. The summed E-state index contributed by atoms with van der Waals surface area (Å²) in [7, 11) is 0. The number of aromatic hydroxyl groups is 1. The fraction of sp³-hybridized carbons (Fsp3) is 0.267. The number of rotatable bonds is 7. The molecule has 1 aliphatic carbocycles. The molecule has 0 saturated heterocycles. The van der Waals surface area contributed by atoms with Crippen molar-refractivity contribution in [3.8, 4) is 16.9 Å². The molecule has 1 amide bonds. The van der Waals surface area contributed by atoms with Crippen LogP contribution in [0.4, 0.5) is 11.4 Å². The van der Waals surface area contributed by atoms with Crippen LogP contribution in [0.25, 0.3) is 11.1 Å². The molecule has 0 aromatic heterocycles. The zero-order chi connectivity index (χ0) is 28.0. The highest BCUT2D eigenvalue weighted by Gasteiger charge is 2.23. The van der Waals surface area contributed by atoms with Gasteiger partial charge in [0, 0.05) is 11.3 Å². The number of nitrogens with one attached hydrogen (secondary N) is 3. The summed E-state index contributed by atoms with van der Waals surface area (Å²) in [4.78, 5) is 24.1. The Kier molecular flexibility index (Phi) is 9.02. The quantitative estimate of drug-likeness (QED) is 0.143. The van der Waals surface area contributed by atoms with Crippen molar-refractivity contribution in [3.05, 3.63) is 76.3 Å². The van der Waals surface area contributed by atoms with E-state index >= 15 is 0 Å². The number of aryl methyl sites for hydroxylation is 3. The minimum Gasteiger partial charge on any atom is -0.505 e. The lowest BCUT2D eigenvalue weighted by Gasteiger charge is -2.16. The number of anilines is 2. The summed E-state index contributed by atoms with van der Waals surface area (Å²) in [6, 6.07) is 13.8. The summed E-state index contributed by atoms with van der Waals surface area (Å²) in [5, 5.41) is 35.4. The van der Waals surface area contributed by atoms with Crippen LogP contribution in [0.15, 0.2) is 53.6 Å². The first-order chi connectivity index (χ1) is 18.2. The first kappa shape index (κ1) is 28.1. The van der Waals surface area contributed by atoms with E-state index < -0.39 is 11.9 Å². The van der Waals surface area contributed by atoms with Gasteiger partial charge in [0.25, 0.3) is 5.91 Å². The molecular formula is C30H34N4O4. The lowest BCUT2D eigenvalue weighted by atomic mass is 9.96. The van der Waals surface area contributed by atoms with E-state index in [0.29, 0.717) is 22.5 Å². The van der Waals surface area contributed by atoms with Gasteiger partial charge in [0.05, 0.1) is 11.3 Å².